The van der Waals surface area contributed by atoms with Gasteiger partial charge in [0.1, 0.15) is 6.04 Å². The number of carbonyl (C=O) groups excluding carboxylic acids is 3. The van der Waals surface area contributed by atoms with Crippen LogP contribution in [-0.2, 0) is 25.7 Å². The summed E-state index contributed by atoms with van der Waals surface area (Å²) in [7, 11) is 0. The van der Waals surface area contributed by atoms with Crippen molar-refractivity contribution in [2.24, 2.45) is 17.8 Å². The highest BCUT2D eigenvalue weighted by atomic mass is 32.2. The fourth-order valence-electron chi connectivity index (χ4n) is 6.58. The second-order valence-electron chi connectivity index (χ2n) is 10.7. The van der Waals surface area contributed by atoms with Crippen molar-refractivity contribution in [3.63, 3.8) is 0 Å². The normalized spacial score (nSPS) is 31.4. The molecule has 3 aliphatic rings. The third-order valence-corrected chi connectivity index (χ3v) is 10.2. The Labute approximate surface area is 218 Å². The first-order valence-corrected chi connectivity index (χ1v) is 13.7. The van der Waals surface area contributed by atoms with Crippen LogP contribution in [0.5, 0.6) is 0 Å². The molecule has 7 nitrogen and oxygen atoms in total. The second kappa shape index (κ2) is 10.2. The molecule has 2 amide bonds. The lowest BCUT2D eigenvalue weighted by Crippen LogP contribution is -2.58. The third kappa shape index (κ3) is 4.16. The van der Waals surface area contributed by atoms with Crippen LogP contribution in [0.1, 0.15) is 46.1 Å². The van der Waals surface area contributed by atoms with E-state index in [1.807, 2.05) is 51.1 Å². The Kier molecular flexibility index (Phi) is 7.58. The van der Waals surface area contributed by atoms with Crippen LogP contribution in [0.15, 0.2) is 43.0 Å². The number of carbonyl (C=O) groups is 3. The number of likely N-dealkylation sites (tertiary alicyclic amines) is 1. The number of rotatable bonds is 10. The molecule has 1 aromatic carbocycles. The summed E-state index contributed by atoms with van der Waals surface area (Å²) in [4.78, 5) is 45.2. The topological polar surface area (TPSA) is 87.2 Å². The molecule has 3 saturated heterocycles. The summed E-state index contributed by atoms with van der Waals surface area (Å²) in [5, 5.41) is 10.4. The number of hydrogen-bond acceptors (Lipinski definition) is 6. The van der Waals surface area contributed by atoms with Gasteiger partial charge in [-0.2, -0.15) is 0 Å². The number of fused-ring (bicyclic) bond motifs is 1. The summed E-state index contributed by atoms with van der Waals surface area (Å²) in [5.74, 6) is -2.06. The molecule has 196 valence electrons. The van der Waals surface area contributed by atoms with Gasteiger partial charge in [-0.05, 0) is 38.2 Å². The highest BCUT2D eigenvalue weighted by molar-refractivity contribution is 8.02. The summed E-state index contributed by atoms with van der Waals surface area (Å²) in [5.41, 5.74) is 0.986. The Morgan fingerprint density at radius 2 is 2.00 bits per heavy atom. The molecule has 0 aliphatic carbocycles. The number of aliphatic hydroxyl groups is 1. The molecule has 1 aromatic rings. The first-order valence-electron chi connectivity index (χ1n) is 12.9. The zero-order valence-corrected chi connectivity index (χ0v) is 22.5. The Bertz CT molecular complexity index is 1020. The molecular weight excluding hydrogens is 476 g/mol. The average molecular weight is 515 g/mol. The van der Waals surface area contributed by atoms with Crippen molar-refractivity contribution < 1.29 is 24.2 Å². The van der Waals surface area contributed by atoms with Crippen LogP contribution in [-0.4, -0.2) is 74.0 Å². The van der Waals surface area contributed by atoms with Crippen LogP contribution >= 0.6 is 11.8 Å². The smallest absolute Gasteiger partial charge is 0.311 e. The summed E-state index contributed by atoms with van der Waals surface area (Å²) >= 11 is 1.62. The maximum absolute atomic E-state index is 14.4. The van der Waals surface area contributed by atoms with E-state index in [0.717, 1.165) is 12.0 Å². The standard InChI is InChI=1S/C28H38N2O5S/c1-6-15-29(16-19-11-9-8-10-12-19)25(33)23-28-14-13-27(5,36-28)22(26(34)35-7-2)21(28)24(32)30(23)20(17-31)18(3)4/h6,8-12,18,20-23,31H,1,7,13-17H2,2-5H3/t20-,21-,22+,23?,27-,28?/m0/s1. The van der Waals surface area contributed by atoms with Gasteiger partial charge in [0.25, 0.3) is 0 Å². The Hall–Kier alpha value is -2.32. The van der Waals surface area contributed by atoms with E-state index < -0.39 is 33.4 Å². The zero-order valence-electron chi connectivity index (χ0n) is 21.7. The van der Waals surface area contributed by atoms with E-state index in [0.29, 0.717) is 19.5 Å². The van der Waals surface area contributed by atoms with Crippen LogP contribution in [0.2, 0.25) is 0 Å². The van der Waals surface area contributed by atoms with Crippen LogP contribution in [0.3, 0.4) is 0 Å². The molecule has 3 fully saturated rings. The van der Waals surface area contributed by atoms with E-state index in [1.165, 1.54) is 0 Å². The summed E-state index contributed by atoms with van der Waals surface area (Å²) in [6.07, 6.45) is 3.09. The lowest BCUT2D eigenvalue weighted by atomic mass is 9.66. The number of nitrogens with zero attached hydrogens (tertiary/aromatic N) is 2. The molecule has 4 rings (SSSR count). The number of esters is 1. The molecule has 2 bridgehead atoms. The van der Waals surface area contributed by atoms with E-state index >= 15 is 0 Å². The molecule has 36 heavy (non-hydrogen) atoms. The van der Waals surface area contributed by atoms with Crippen LogP contribution in [0.25, 0.3) is 0 Å². The molecule has 1 N–H and O–H groups in total. The predicted octanol–water partition coefficient (Wildman–Crippen LogP) is 3.26. The number of amides is 2. The van der Waals surface area contributed by atoms with Gasteiger partial charge in [0.2, 0.25) is 11.8 Å². The van der Waals surface area contributed by atoms with Gasteiger partial charge >= 0.3 is 5.97 Å². The van der Waals surface area contributed by atoms with E-state index in [4.69, 9.17) is 4.74 Å². The molecule has 8 heteroatoms. The number of benzene rings is 1. The quantitative estimate of drug-likeness (QED) is 0.381. The van der Waals surface area contributed by atoms with Crippen molar-refractivity contribution in [1.29, 1.82) is 0 Å². The third-order valence-electron chi connectivity index (χ3n) is 8.18. The van der Waals surface area contributed by atoms with E-state index in [9.17, 15) is 19.5 Å². The van der Waals surface area contributed by atoms with Gasteiger partial charge in [-0.15, -0.1) is 18.3 Å². The van der Waals surface area contributed by atoms with Crippen molar-refractivity contribution >= 4 is 29.5 Å². The van der Waals surface area contributed by atoms with Crippen molar-refractivity contribution in [2.45, 2.75) is 68.7 Å². The van der Waals surface area contributed by atoms with E-state index in [-0.39, 0.29) is 36.9 Å². The maximum Gasteiger partial charge on any atom is 0.311 e. The van der Waals surface area contributed by atoms with Crippen molar-refractivity contribution in [1.82, 2.24) is 9.80 Å². The summed E-state index contributed by atoms with van der Waals surface area (Å²) in [6.45, 7) is 12.3. The molecule has 3 aliphatic heterocycles. The lowest BCUT2D eigenvalue weighted by Gasteiger charge is -2.40. The van der Waals surface area contributed by atoms with Gasteiger partial charge < -0.3 is 19.6 Å². The van der Waals surface area contributed by atoms with Gasteiger partial charge in [-0.25, -0.2) is 0 Å². The van der Waals surface area contributed by atoms with Crippen LogP contribution in [0, 0.1) is 17.8 Å². The van der Waals surface area contributed by atoms with Crippen molar-refractivity contribution in [3.05, 3.63) is 48.6 Å². The minimum atomic E-state index is -0.774. The number of ether oxygens (including phenoxy) is 1. The first kappa shape index (κ1) is 26.7. The van der Waals surface area contributed by atoms with E-state index in [1.54, 1.807) is 34.6 Å². The second-order valence-corrected chi connectivity index (χ2v) is 12.6. The Morgan fingerprint density at radius 3 is 2.58 bits per heavy atom. The highest BCUT2D eigenvalue weighted by Gasteiger charge is 2.78. The van der Waals surface area contributed by atoms with Crippen LogP contribution in [0.4, 0.5) is 0 Å². The van der Waals surface area contributed by atoms with Gasteiger partial charge in [0.05, 0.1) is 35.8 Å². The summed E-state index contributed by atoms with van der Waals surface area (Å²) in [6, 6.07) is 8.45. The van der Waals surface area contributed by atoms with Gasteiger partial charge in [0.15, 0.2) is 0 Å². The molecule has 0 saturated carbocycles. The first-order chi connectivity index (χ1) is 17.1. The van der Waals surface area contributed by atoms with E-state index in [2.05, 4.69) is 6.58 Å². The fourth-order valence-corrected chi connectivity index (χ4v) is 8.90. The number of hydrogen-bond donors (Lipinski definition) is 1. The summed E-state index contributed by atoms with van der Waals surface area (Å²) < 4.78 is 4.24. The Morgan fingerprint density at radius 1 is 1.31 bits per heavy atom. The number of aliphatic hydroxyl groups excluding tert-OH is 1. The molecule has 1 spiro atoms. The fraction of sp³-hybridized carbons (Fsp3) is 0.607. The number of thioether (sulfide) groups is 1. The minimum absolute atomic E-state index is 0.0646. The largest absolute Gasteiger partial charge is 0.466 e. The van der Waals surface area contributed by atoms with Crippen molar-refractivity contribution in [3.8, 4) is 0 Å². The molecule has 0 aromatic heterocycles. The monoisotopic (exact) mass is 514 g/mol. The molecule has 2 unspecified atom stereocenters. The van der Waals surface area contributed by atoms with Gasteiger partial charge in [-0.3, -0.25) is 14.4 Å². The van der Waals surface area contributed by atoms with Crippen LogP contribution < -0.4 is 0 Å². The SMILES string of the molecule is C=CCN(Cc1ccccc1)C(=O)C1N([C@@H](CO)C(C)C)C(=O)[C@@H]2[C@H](C(=O)OCC)[C@]3(C)CCC12S3. The molecule has 0 radical (unpaired) electrons. The minimum Gasteiger partial charge on any atom is -0.466 e. The Balaban J connectivity index is 1.80. The lowest BCUT2D eigenvalue weighted by molar-refractivity contribution is -0.155. The zero-order chi connectivity index (χ0) is 26.3. The highest BCUT2D eigenvalue weighted by Crippen LogP contribution is 2.71. The maximum atomic E-state index is 14.4. The molecular formula is C28H38N2O5S. The molecule has 3 heterocycles. The van der Waals surface area contributed by atoms with Gasteiger partial charge in [0, 0.05) is 17.8 Å². The molecule has 6 atom stereocenters. The predicted molar refractivity (Wildman–Crippen MR) is 140 cm³/mol. The van der Waals surface area contributed by atoms with Gasteiger partial charge in [-0.1, -0.05) is 50.3 Å². The van der Waals surface area contributed by atoms with Crippen molar-refractivity contribution in [2.75, 3.05) is 19.8 Å². The average Bonchev–Trinajstić information content (AvgIpc) is 3.41.